The lowest BCUT2D eigenvalue weighted by atomic mass is 10.1. The molecule has 0 aliphatic carbocycles. The van der Waals surface area contributed by atoms with E-state index in [2.05, 4.69) is 10.3 Å². The molecule has 1 aromatic heterocycles. The summed E-state index contributed by atoms with van der Waals surface area (Å²) in [5.74, 6) is 0. The fraction of sp³-hybridized carbons (Fsp3) is 0.357. The molecule has 0 aliphatic heterocycles. The van der Waals surface area contributed by atoms with E-state index in [0.717, 1.165) is 16.5 Å². The SMILES string of the molecule is FC(F)COCCNCc1ccc(Cl)c2cccnc12. The molecule has 0 saturated carbocycles. The minimum atomic E-state index is -2.42. The second-order valence-electron chi connectivity index (χ2n) is 4.25. The van der Waals surface area contributed by atoms with Gasteiger partial charge in [0, 0.05) is 29.7 Å². The van der Waals surface area contributed by atoms with Gasteiger partial charge in [0.05, 0.1) is 12.1 Å². The standard InChI is InChI=1S/C14H15ClF2N2O/c15-12-4-3-10(14-11(12)2-1-5-19-14)8-18-6-7-20-9-13(16)17/h1-5,13,18H,6-9H2. The molecule has 1 N–H and O–H groups in total. The first-order valence-electron chi connectivity index (χ1n) is 6.27. The van der Waals surface area contributed by atoms with Crippen molar-refractivity contribution in [3.8, 4) is 0 Å². The van der Waals surface area contributed by atoms with Crippen LogP contribution in [0.4, 0.5) is 8.78 Å². The molecule has 0 saturated heterocycles. The monoisotopic (exact) mass is 300 g/mol. The third-order valence-corrected chi connectivity index (χ3v) is 3.11. The highest BCUT2D eigenvalue weighted by atomic mass is 35.5. The molecule has 1 aromatic carbocycles. The molecule has 0 radical (unpaired) electrons. The van der Waals surface area contributed by atoms with Crippen molar-refractivity contribution < 1.29 is 13.5 Å². The molecule has 0 fully saturated rings. The van der Waals surface area contributed by atoms with E-state index in [1.54, 1.807) is 6.20 Å². The molecular weight excluding hydrogens is 286 g/mol. The first kappa shape index (κ1) is 15.1. The van der Waals surface area contributed by atoms with E-state index in [4.69, 9.17) is 16.3 Å². The van der Waals surface area contributed by atoms with Gasteiger partial charge in [-0.25, -0.2) is 8.78 Å². The zero-order valence-corrected chi connectivity index (χ0v) is 11.5. The highest BCUT2D eigenvalue weighted by Gasteiger charge is 2.05. The molecule has 0 amide bonds. The van der Waals surface area contributed by atoms with Gasteiger partial charge >= 0.3 is 0 Å². The van der Waals surface area contributed by atoms with Crippen molar-refractivity contribution in [1.82, 2.24) is 10.3 Å². The van der Waals surface area contributed by atoms with Gasteiger partial charge in [0.15, 0.2) is 0 Å². The lowest BCUT2D eigenvalue weighted by molar-refractivity contribution is 0.0187. The van der Waals surface area contributed by atoms with Crippen LogP contribution in [-0.4, -0.2) is 31.2 Å². The average molecular weight is 301 g/mol. The molecule has 2 aromatic rings. The second-order valence-corrected chi connectivity index (χ2v) is 4.66. The summed E-state index contributed by atoms with van der Waals surface area (Å²) in [5.41, 5.74) is 1.86. The van der Waals surface area contributed by atoms with Gasteiger partial charge in [-0.15, -0.1) is 0 Å². The summed E-state index contributed by atoms with van der Waals surface area (Å²) in [6.07, 6.45) is -0.701. The molecule has 0 spiro atoms. The number of rotatable bonds is 7. The lowest BCUT2D eigenvalue weighted by Crippen LogP contribution is -2.20. The molecule has 0 aliphatic rings. The van der Waals surface area contributed by atoms with Crippen molar-refractivity contribution in [2.45, 2.75) is 13.0 Å². The molecule has 3 nitrogen and oxygen atoms in total. The molecule has 6 heteroatoms. The Labute approximate surface area is 120 Å². The molecule has 0 bridgehead atoms. The van der Waals surface area contributed by atoms with E-state index in [9.17, 15) is 8.78 Å². The van der Waals surface area contributed by atoms with Crippen LogP contribution in [0.5, 0.6) is 0 Å². The van der Waals surface area contributed by atoms with Crippen LogP contribution in [0.25, 0.3) is 10.9 Å². The van der Waals surface area contributed by atoms with Crippen LogP contribution in [0.1, 0.15) is 5.56 Å². The quantitative estimate of drug-likeness (QED) is 0.797. The number of nitrogens with zero attached hydrogens (tertiary/aromatic N) is 1. The number of alkyl halides is 2. The smallest absolute Gasteiger partial charge is 0.261 e. The largest absolute Gasteiger partial charge is 0.374 e. The minimum absolute atomic E-state index is 0.253. The summed E-state index contributed by atoms with van der Waals surface area (Å²) in [4.78, 5) is 4.33. The third kappa shape index (κ3) is 4.10. The van der Waals surface area contributed by atoms with E-state index < -0.39 is 13.0 Å². The summed E-state index contributed by atoms with van der Waals surface area (Å²) in [6.45, 7) is 0.822. The van der Waals surface area contributed by atoms with Gasteiger partial charge in [-0.05, 0) is 23.8 Å². The van der Waals surface area contributed by atoms with Gasteiger partial charge in [-0.1, -0.05) is 17.7 Å². The van der Waals surface area contributed by atoms with Gasteiger partial charge in [0.2, 0.25) is 0 Å². The van der Waals surface area contributed by atoms with Crippen LogP contribution in [-0.2, 0) is 11.3 Å². The van der Waals surface area contributed by atoms with Crippen molar-refractivity contribution in [1.29, 1.82) is 0 Å². The maximum Gasteiger partial charge on any atom is 0.261 e. The number of fused-ring (bicyclic) bond motifs is 1. The molecule has 0 atom stereocenters. The molecule has 1 heterocycles. The molecule has 108 valence electrons. The maximum absolute atomic E-state index is 11.9. The number of ether oxygens (including phenoxy) is 1. The number of aromatic nitrogens is 1. The van der Waals surface area contributed by atoms with E-state index in [-0.39, 0.29) is 6.61 Å². The molecular formula is C14H15ClF2N2O. The number of pyridine rings is 1. The van der Waals surface area contributed by atoms with Crippen molar-refractivity contribution in [2.75, 3.05) is 19.8 Å². The summed E-state index contributed by atoms with van der Waals surface area (Å²) >= 11 is 6.11. The fourth-order valence-corrected chi connectivity index (χ4v) is 2.09. The highest BCUT2D eigenvalue weighted by Crippen LogP contribution is 2.24. The van der Waals surface area contributed by atoms with Crippen molar-refractivity contribution in [3.63, 3.8) is 0 Å². The van der Waals surface area contributed by atoms with Crippen LogP contribution >= 0.6 is 11.6 Å². The Bertz CT molecular complexity index is 566. The van der Waals surface area contributed by atoms with Crippen molar-refractivity contribution in [3.05, 3.63) is 41.0 Å². The number of nitrogens with one attached hydrogen (secondary N) is 1. The summed E-state index contributed by atoms with van der Waals surface area (Å²) in [6, 6.07) is 7.49. The Morgan fingerprint density at radius 3 is 2.95 bits per heavy atom. The van der Waals surface area contributed by atoms with Crippen LogP contribution in [0.3, 0.4) is 0 Å². The fourth-order valence-electron chi connectivity index (χ4n) is 1.88. The van der Waals surface area contributed by atoms with E-state index in [1.807, 2.05) is 24.3 Å². The summed E-state index contributed by atoms with van der Waals surface area (Å²) in [7, 11) is 0. The minimum Gasteiger partial charge on any atom is -0.374 e. The zero-order valence-electron chi connectivity index (χ0n) is 10.8. The van der Waals surface area contributed by atoms with Gasteiger partial charge in [-0.3, -0.25) is 4.98 Å². The van der Waals surface area contributed by atoms with Crippen molar-refractivity contribution in [2.24, 2.45) is 0 Å². The first-order chi connectivity index (χ1) is 9.68. The second kappa shape index (κ2) is 7.47. The Morgan fingerprint density at radius 2 is 2.15 bits per heavy atom. The van der Waals surface area contributed by atoms with Crippen LogP contribution < -0.4 is 5.32 Å². The Hall–Kier alpha value is -1.30. The van der Waals surface area contributed by atoms with Crippen LogP contribution in [0, 0.1) is 0 Å². The predicted molar refractivity (Wildman–Crippen MR) is 75.3 cm³/mol. The first-order valence-corrected chi connectivity index (χ1v) is 6.65. The van der Waals surface area contributed by atoms with E-state index in [1.165, 1.54) is 0 Å². The molecule has 2 rings (SSSR count). The normalized spacial score (nSPS) is 11.4. The van der Waals surface area contributed by atoms with Gasteiger partial charge in [0.25, 0.3) is 6.43 Å². The van der Waals surface area contributed by atoms with Crippen molar-refractivity contribution >= 4 is 22.5 Å². The summed E-state index contributed by atoms with van der Waals surface area (Å²) < 4.78 is 28.5. The maximum atomic E-state index is 11.9. The highest BCUT2D eigenvalue weighted by molar-refractivity contribution is 6.35. The third-order valence-electron chi connectivity index (χ3n) is 2.78. The number of hydrogen-bond acceptors (Lipinski definition) is 3. The topological polar surface area (TPSA) is 34.1 Å². The van der Waals surface area contributed by atoms with Crippen LogP contribution in [0.2, 0.25) is 5.02 Å². The molecule has 20 heavy (non-hydrogen) atoms. The van der Waals surface area contributed by atoms with Gasteiger partial charge in [0.1, 0.15) is 6.61 Å². The number of halogens is 3. The van der Waals surface area contributed by atoms with E-state index >= 15 is 0 Å². The molecule has 0 unspecified atom stereocenters. The van der Waals surface area contributed by atoms with Gasteiger partial charge < -0.3 is 10.1 Å². The Balaban J connectivity index is 1.89. The van der Waals surface area contributed by atoms with Gasteiger partial charge in [-0.2, -0.15) is 0 Å². The summed E-state index contributed by atoms with van der Waals surface area (Å²) in [5, 5.41) is 4.70. The Morgan fingerprint density at radius 1 is 1.30 bits per heavy atom. The lowest BCUT2D eigenvalue weighted by Gasteiger charge is -2.09. The number of benzene rings is 1. The average Bonchev–Trinajstić information content (AvgIpc) is 2.45. The zero-order chi connectivity index (χ0) is 14.4. The Kier molecular flexibility index (Phi) is 5.64. The number of hydrogen-bond donors (Lipinski definition) is 1. The predicted octanol–water partition coefficient (Wildman–Crippen LogP) is 3.26. The van der Waals surface area contributed by atoms with Crippen LogP contribution in [0.15, 0.2) is 30.5 Å². The van der Waals surface area contributed by atoms with E-state index in [0.29, 0.717) is 18.1 Å².